The zero-order valence-electron chi connectivity index (χ0n) is 11.6. The average molecular weight is 246 g/mol. The second-order valence-corrected chi connectivity index (χ2v) is 5.13. The van der Waals surface area contributed by atoms with Gasteiger partial charge in [-0.3, -0.25) is 4.90 Å². The second kappa shape index (κ2) is 6.53. The molecule has 1 atom stereocenters. The van der Waals surface area contributed by atoms with Crippen LogP contribution in [0.4, 0.5) is 0 Å². The van der Waals surface area contributed by atoms with Gasteiger partial charge in [-0.25, -0.2) is 0 Å². The number of rotatable bonds is 5. The van der Waals surface area contributed by atoms with Gasteiger partial charge < -0.3 is 5.11 Å². The fourth-order valence-electron chi connectivity index (χ4n) is 2.10. The van der Waals surface area contributed by atoms with Crippen LogP contribution in [0.3, 0.4) is 0 Å². The van der Waals surface area contributed by atoms with Crippen molar-refractivity contribution in [2.75, 3.05) is 6.54 Å². The van der Waals surface area contributed by atoms with Crippen molar-refractivity contribution >= 4 is 0 Å². The first-order valence-corrected chi connectivity index (χ1v) is 6.39. The summed E-state index contributed by atoms with van der Waals surface area (Å²) < 4.78 is 0. The summed E-state index contributed by atoms with van der Waals surface area (Å²) in [5.41, 5.74) is 1.48. The third-order valence-corrected chi connectivity index (χ3v) is 3.13. The maximum absolute atomic E-state index is 10.2. The summed E-state index contributed by atoms with van der Waals surface area (Å²) in [6, 6.07) is 10.0. The van der Waals surface area contributed by atoms with E-state index in [9.17, 15) is 5.11 Å². The zero-order valence-corrected chi connectivity index (χ0v) is 11.6. The summed E-state index contributed by atoms with van der Waals surface area (Å²) in [5, 5.41) is 19.0. The van der Waals surface area contributed by atoms with E-state index in [0.717, 1.165) is 5.56 Å². The molecule has 0 aliphatic heterocycles. The predicted octanol–water partition coefficient (Wildman–Crippen LogP) is 2.71. The fourth-order valence-corrected chi connectivity index (χ4v) is 2.10. The molecule has 1 unspecified atom stereocenters. The molecule has 1 rings (SSSR count). The van der Waals surface area contributed by atoms with E-state index in [1.54, 1.807) is 12.1 Å². The summed E-state index contributed by atoms with van der Waals surface area (Å²) in [6.45, 7) is 9.13. The van der Waals surface area contributed by atoms with Crippen molar-refractivity contribution in [1.82, 2.24) is 4.90 Å². The van der Waals surface area contributed by atoms with Crippen LogP contribution in [0, 0.1) is 11.3 Å². The number of benzene rings is 1. The summed E-state index contributed by atoms with van der Waals surface area (Å²) >= 11 is 0. The molecular formula is C15H22N2O. The molecule has 0 radical (unpaired) electrons. The Morgan fingerprint density at radius 3 is 2.00 bits per heavy atom. The van der Waals surface area contributed by atoms with Crippen molar-refractivity contribution in [3.05, 3.63) is 35.4 Å². The number of aliphatic hydroxyl groups excluding tert-OH is 1. The van der Waals surface area contributed by atoms with Crippen LogP contribution in [0.15, 0.2) is 24.3 Å². The first kappa shape index (κ1) is 14.7. The molecule has 0 saturated heterocycles. The van der Waals surface area contributed by atoms with E-state index in [-0.39, 0.29) is 0 Å². The minimum atomic E-state index is -0.512. The Labute approximate surface area is 110 Å². The van der Waals surface area contributed by atoms with Crippen LogP contribution in [-0.2, 0) is 0 Å². The summed E-state index contributed by atoms with van der Waals surface area (Å²) in [5.74, 6) is 0. The highest BCUT2D eigenvalue weighted by Crippen LogP contribution is 2.17. The van der Waals surface area contributed by atoms with E-state index in [0.29, 0.717) is 24.2 Å². The van der Waals surface area contributed by atoms with Crippen molar-refractivity contribution in [3.8, 4) is 6.07 Å². The third-order valence-electron chi connectivity index (χ3n) is 3.13. The summed E-state index contributed by atoms with van der Waals surface area (Å²) in [7, 11) is 0. The normalized spacial score (nSPS) is 13.1. The molecular weight excluding hydrogens is 224 g/mol. The largest absolute Gasteiger partial charge is 0.387 e. The van der Waals surface area contributed by atoms with Crippen LogP contribution in [0.1, 0.15) is 44.9 Å². The van der Waals surface area contributed by atoms with Crippen molar-refractivity contribution in [1.29, 1.82) is 5.26 Å². The SMILES string of the molecule is CC(C)N(CC(O)c1ccc(C#N)cc1)C(C)C. The highest BCUT2D eigenvalue weighted by atomic mass is 16.3. The molecule has 0 aliphatic carbocycles. The van der Waals surface area contributed by atoms with Gasteiger partial charge in [-0.1, -0.05) is 12.1 Å². The standard InChI is InChI=1S/C15H22N2O/c1-11(2)17(12(3)4)10-15(18)14-7-5-13(9-16)6-8-14/h5-8,11-12,15,18H,10H2,1-4H3. The van der Waals surface area contributed by atoms with E-state index >= 15 is 0 Å². The predicted molar refractivity (Wildman–Crippen MR) is 73.1 cm³/mol. The second-order valence-electron chi connectivity index (χ2n) is 5.13. The Kier molecular flexibility index (Phi) is 5.33. The van der Waals surface area contributed by atoms with Crippen LogP contribution in [0.25, 0.3) is 0 Å². The lowest BCUT2D eigenvalue weighted by atomic mass is 10.1. The minimum absolute atomic E-state index is 0.401. The van der Waals surface area contributed by atoms with Crippen LogP contribution >= 0.6 is 0 Å². The van der Waals surface area contributed by atoms with Crippen LogP contribution < -0.4 is 0 Å². The molecule has 1 aromatic rings. The van der Waals surface area contributed by atoms with Crippen LogP contribution in [0.2, 0.25) is 0 Å². The van der Waals surface area contributed by atoms with Crippen molar-refractivity contribution in [2.45, 2.75) is 45.9 Å². The molecule has 0 aromatic heterocycles. The molecule has 98 valence electrons. The van der Waals surface area contributed by atoms with Gasteiger partial charge in [0.25, 0.3) is 0 Å². The average Bonchev–Trinajstić information content (AvgIpc) is 2.35. The topological polar surface area (TPSA) is 47.3 Å². The Morgan fingerprint density at radius 2 is 1.61 bits per heavy atom. The lowest BCUT2D eigenvalue weighted by molar-refractivity contribution is 0.0756. The van der Waals surface area contributed by atoms with Crippen molar-refractivity contribution < 1.29 is 5.11 Å². The highest BCUT2D eigenvalue weighted by molar-refractivity contribution is 5.32. The zero-order chi connectivity index (χ0) is 13.7. The summed E-state index contributed by atoms with van der Waals surface area (Å²) in [6.07, 6.45) is -0.512. The molecule has 0 bridgehead atoms. The Hall–Kier alpha value is -1.37. The molecule has 0 fully saturated rings. The number of aliphatic hydroxyl groups is 1. The van der Waals surface area contributed by atoms with Crippen LogP contribution in [0.5, 0.6) is 0 Å². The van der Waals surface area contributed by atoms with E-state index < -0.39 is 6.10 Å². The maximum Gasteiger partial charge on any atom is 0.0991 e. The molecule has 0 aliphatic rings. The van der Waals surface area contributed by atoms with Crippen molar-refractivity contribution in [2.24, 2.45) is 0 Å². The number of hydrogen-bond acceptors (Lipinski definition) is 3. The fraction of sp³-hybridized carbons (Fsp3) is 0.533. The van der Waals surface area contributed by atoms with Gasteiger partial charge in [-0.05, 0) is 45.4 Å². The smallest absolute Gasteiger partial charge is 0.0991 e. The lowest BCUT2D eigenvalue weighted by Gasteiger charge is -2.32. The minimum Gasteiger partial charge on any atom is -0.387 e. The molecule has 3 heteroatoms. The van der Waals surface area contributed by atoms with Gasteiger partial charge in [0, 0.05) is 18.6 Å². The van der Waals surface area contributed by atoms with Gasteiger partial charge in [0.2, 0.25) is 0 Å². The van der Waals surface area contributed by atoms with Gasteiger partial charge in [0.15, 0.2) is 0 Å². The molecule has 0 saturated carbocycles. The Bertz CT molecular complexity index is 395. The number of hydrogen-bond donors (Lipinski definition) is 1. The third kappa shape index (κ3) is 3.83. The first-order chi connectivity index (χ1) is 8.45. The van der Waals surface area contributed by atoms with E-state index in [4.69, 9.17) is 5.26 Å². The number of nitrogens with zero attached hydrogens (tertiary/aromatic N) is 2. The number of nitriles is 1. The Morgan fingerprint density at radius 1 is 1.11 bits per heavy atom. The van der Waals surface area contributed by atoms with Gasteiger partial charge >= 0.3 is 0 Å². The van der Waals surface area contributed by atoms with E-state index in [2.05, 4.69) is 38.7 Å². The molecule has 1 N–H and O–H groups in total. The van der Waals surface area contributed by atoms with E-state index in [1.165, 1.54) is 0 Å². The van der Waals surface area contributed by atoms with Gasteiger partial charge in [0.05, 0.1) is 17.7 Å². The first-order valence-electron chi connectivity index (χ1n) is 6.39. The van der Waals surface area contributed by atoms with E-state index in [1.807, 2.05) is 12.1 Å². The molecule has 1 aromatic carbocycles. The van der Waals surface area contributed by atoms with Gasteiger partial charge in [0.1, 0.15) is 0 Å². The van der Waals surface area contributed by atoms with Gasteiger partial charge in [-0.2, -0.15) is 5.26 Å². The van der Waals surface area contributed by atoms with Gasteiger partial charge in [-0.15, -0.1) is 0 Å². The lowest BCUT2D eigenvalue weighted by Crippen LogP contribution is -2.39. The molecule has 0 heterocycles. The van der Waals surface area contributed by atoms with Crippen LogP contribution in [-0.4, -0.2) is 28.6 Å². The quantitative estimate of drug-likeness (QED) is 0.869. The molecule has 0 spiro atoms. The highest BCUT2D eigenvalue weighted by Gasteiger charge is 2.18. The molecule has 3 nitrogen and oxygen atoms in total. The molecule has 0 amide bonds. The Balaban J connectivity index is 2.74. The molecule has 18 heavy (non-hydrogen) atoms. The monoisotopic (exact) mass is 246 g/mol. The summed E-state index contributed by atoms with van der Waals surface area (Å²) in [4.78, 5) is 2.25. The van der Waals surface area contributed by atoms with Crippen molar-refractivity contribution in [3.63, 3.8) is 0 Å². The maximum atomic E-state index is 10.2.